The van der Waals surface area contributed by atoms with E-state index in [0.717, 1.165) is 26.1 Å². The van der Waals surface area contributed by atoms with Crippen LogP contribution in [0.3, 0.4) is 0 Å². The average Bonchev–Trinajstić information content (AvgIpc) is 2.89. The minimum atomic E-state index is -3.71. The normalized spacial score (nSPS) is 19.1. The highest BCUT2D eigenvalue weighted by atomic mass is 32.2. The number of hydrogen-bond acceptors (Lipinski definition) is 4. The number of sulfonamides is 1. The van der Waals surface area contributed by atoms with E-state index in [2.05, 4.69) is 24.1 Å². The summed E-state index contributed by atoms with van der Waals surface area (Å²) in [6.45, 7) is 6.93. The molecule has 1 aliphatic heterocycles. The lowest BCUT2D eigenvalue weighted by Crippen LogP contribution is -2.40. The molecule has 5 nitrogen and oxygen atoms in total. The number of anilines is 1. The Morgan fingerprint density at radius 2 is 2.10 bits per heavy atom. The molecule has 0 saturated carbocycles. The number of nitrogens with zero attached hydrogens (tertiary/aromatic N) is 1. The standard InChI is InChI=1S/C15H25N3O2S/c1-12(2)10-18(11-13-6-5-9-17-13)14-7-3-4-8-15(14)21(16,19)20/h3-4,7-8,12-13,17H,5-6,9-11H2,1-2H3,(H2,16,19,20). The molecule has 1 aromatic carbocycles. The molecule has 0 aromatic heterocycles. The zero-order valence-electron chi connectivity index (χ0n) is 12.7. The zero-order chi connectivity index (χ0) is 15.5. The first kappa shape index (κ1) is 16.3. The van der Waals surface area contributed by atoms with E-state index >= 15 is 0 Å². The van der Waals surface area contributed by atoms with Crippen molar-refractivity contribution in [2.45, 2.75) is 37.6 Å². The molecule has 2 rings (SSSR count). The van der Waals surface area contributed by atoms with Gasteiger partial charge in [0.25, 0.3) is 0 Å². The van der Waals surface area contributed by atoms with E-state index in [1.807, 2.05) is 12.1 Å². The second-order valence-electron chi connectivity index (χ2n) is 6.10. The topological polar surface area (TPSA) is 75.4 Å². The van der Waals surface area contributed by atoms with Crippen molar-refractivity contribution in [3.05, 3.63) is 24.3 Å². The minimum absolute atomic E-state index is 0.212. The summed E-state index contributed by atoms with van der Waals surface area (Å²) in [4.78, 5) is 2.36. The van der Waals surface area contributed by atoms with E-state index in [0.29, 0.717) is 17.6 Å². The van der Waals surface area contributed by atoms with Crippen LogP contribution in [-0.4, -0.2) is 34.1 Å². The number of nitrogens with two attached hydrogens (primary N) is 1. The predicted molar refractivity (Wildman–Crippen MR) is 85.9 cm³/mol. The Labute approximate surface area is 127 Å². The van der Waals surface area contributed by atoms with Gasteiger partial charge in [0.15, 0.2) is 0 Å². The van der Waals surface area contributed by atoms with Crippen molar-refractivity contribution in [1.29, 1.82) is 0 Å². The second kappa shape index (κ2) is 6.77. The van der Waals surface area contributed by atoms with Gasteiger partial charge in [-0.3, -0.25) is 0 Å². The molecule has 1 fully saturated rings. The van der Waals surface area contributed by atoms with Gasteiger partial charge in [0.05, 0.1) is 5.69 Å². The number of para-hydroxylation sites is 1. The number of rotatable bonds is 6. The van der Waals surface area contributed by atoms with Gasteiger partial charge in [0, 0.05) is 19.1 Å². The molecule has 1 unspecified atom stereocenters. The van der Waals surface area contributed by atoms with Crippen LogP contribution >= 0.6 is 0 Å². The third kappa shape index (κ3) is 4.43. The number of benzene rings is 1. The molecule has 0 radical (unpaired) electrons. The smallest absolute Gasteiger partial charge is 0.240 e. The molecule has 1 aromatic rings. The molecule has 1 saturated heterocycles. The fourth-order valence-corrected chi connectivity index (χ4v) is 3.61. The Morgan fingerprint density at radius 3 is 2.67 bits per heavy atom. The van der Waals surface area contributed by atoms with Crippen LogP contribution in [0.4, 0.5) is 5.69 Å². The first-order valence-electron chi connectivity index (χ1n) is 7.48. The van der Waals surface area contributed by atoms with Crippen LogP contribution in [0.5, 0.6) is 0 Å². The second-order valence-corrected chi connectivity index (χ2v) is 7.63. The maximum Gasteiger partial charge on any atom is 0.240 e. The van der Waals surface area contributed by atoms with Crippen LogP contribution in [0.25, 0.3) is 0 Å². The molecule has 1 heterocycles. The van der Waals surface area contributed by atoms with Gasteiger partial charge in [-0.2, -0.15) is 0 Å². The fourth-order valence-electron chi connectivity index (χ4n) is 2.85. The van der Waals surface area contributed by atoms with E-state index < -0.39 is 10.0 Å². The van der Waals surface area contributed by atoms with E-state index in [4.69, 9.17) is 5.14 Å². The fraction of sp³-hybridized carbons (Fsp3) is 0.600. The van der Waals surface area contributed by atoms with Crippen LogP contribution in [0.1, 0.15) is 26.7 Å². The summed E-state index contributed by atoms with van der Waals surface area (Å²) in [5, 5.41) is 8.83. The Balaban J connectivity index is 2.31. The highest BCUT2D eigenvalue weighted by molar-refractivity contribution is 7.89. The third-order valence-electron chi connectivity index (χ3n) is 3.70. The molecule has 1 atom stereocenters. The maximum atomic E-state index is 11.8. The highest BCUT2D eigenvalue weighted by Crippen LogP contribution is 2.26. The molecule has 0 spiro atoms. The monoisotopic (exact) mass is 311 g/mol. The molecule has 21 heavy (non-hydrogen) atoms. The largest absolute Gasteiger partial charge is 0.369 e. The van der Waals surface area contributed by atoms with Gasteiger partial charge in [-0.1, -0.05) is 26.0 Å². The number of primary sulfonamides is 1. The van der Waals surface area contributed by atoms with E-state index in [1.165, 1.54) is 6.42 Å². The summed E-state index contributed by atoms with van der Waals surface area (Å²) >= 11 is 0. The Kier molecular flexibility index (Phi) is 5.24. The van der Waals surface area contributed by atoms with Crippen molar-refractivity contribution in [3.8, 4) is 0 Å². The van der Waals surface area contributed by atoms with Crippen LogP contribution < -0.4 is 15.4 Å². The van der Waals surface area contributed by atoms with Gasteiger partial charge in [-0.25, -0.2) is 13.6 Å². The van der Waals surface area contributed by atoms with Crippen LogP contribution in [0.15, 0.2) is 29.2 Å². The van der Waals surface area contributed by atoms with Gasteiger partial charge in [0.1, 0.15) is 4.90 Å². The van der Waals surface area contributed by atoms with E-state index in [-0.39, 0.29) is 4.90 Å². The first-order valence-corrected chi connectivity index (χ1v) is 9.02. The Morgan fingerprint density at radius 1 is 1.38 bits per heavy atom. The minimum Gasteiger partial charge on any atom is -0.369 e. The Hall–Kier alpha value is -1.11. The van der Waals surface area contributed by atoms with Gasteiger partial charge in [0.2, 0.25) is 10.0 Å². The van der Waals surface area contributed by atoms with Crippen molar-refractivity contribution < 1.29 is 8.42 Å². The summed E-state index contributed by atoms with van der Waals surface area (Å²) in [6, 6.07) is 7.42. The summed E-state index contributed by atoms with van der Waals surface area (Å²) < 4.78 is 23.6. The first-order chi connectivity index (χ1) is 9.88. The molecule has 118 valence electrons. The molecule has 0 bridgehead atoms. The number of nitrogens with one attached hydrogen (secondary N) is 1. The molecular formula is C15H25N3O2S. The van der Waals surface area contributed by atoms with Crippen LogP contribution in [0.2, 0.25) is 0 Å². The van der Waals surface area contributed by atoms with Gasteiger partial charge in [-0.15, -0.1) is 0 Å². The summed E-state index contributed by atoms with van der Waals surface area (Å²) in [5.74, 6) is 0.444. The van der Waals surface area contributed by atoms with E-state index in [1.54, 1.807) is 12.1 Å². The molecule has 0 aliphatic carbocycles. The molecule has 6 heteroatoms. The van der Waals surface area contributed by atoms with Gasteiger partial charge >= 0.3 is 0 Å². The van der Waals surface area contributed by atoms with Crippen molar-refractivity contribution in [2.24, 2.45) is 11.1 Å². The zero-order valence-corrected chi connectivity index (χ0v) is 13.6. The summed E-state index contributed by atoms with van der Waals surface area (Å²) in [5.41, 5.74) is 0.711. The Bertz CT molecular complexity index is 566. The molecule has 0 amide bonds. The van der Waals surface area contributed by atoms with Crippen molar-refractivity contribution in [2.75, 3.05) is 24.5 Å². The predicted octanol–water partition coefficient (Wildman–Crippen LogP) is 1.55. The lowest BCUT2D eigenvalue weighted by atomic mass is 10.1. The maximum absolute atomic E-state index is 11.8. The SMILES string of the molecule is CC(C)CN(CC1CCCN1)c1ccccc1S(N)(=O)=O. The molecule has 3 N–H and O–H groups in total. The third-order valence-corrected chi connectivity index (χ3v) is 4.66. The quantitative estimate of drug-likeness (QED) is 0.836. The van der Waals surface area contributed by atoms with Crippen molar-refractivity contribution in [1.82, 2.24) is 5.32 Å². The lowest BCUT2D eigenvalue weighted by molar-refractivity contribution is 0.537. The lowest BCUT2D eigenvalue weighted by Gasteiger charge is -2.30. The van der Waals surface area contributed by atoms with Crippen LogP contribution in [-0.2, 0) is 10.0 Å². The summed E-state index contributed by atoms with van der Waals surface area (Å²) in [6.07, 6.45) is 2.31. The van der Waals surface area contributed by atoms with Gasteiger partial charge in [-0.05, 0) is 37.4 Å². The summed E-state index contributed by atoms with van der Waals surface area (Å²) in [7, 11) is -3.71. The highest BCUT2D eigenvalue weighted by Gasteiger charge is 2.23. The van der Waals surface area contributed by atoms with Crippen LogP contribution in [0, 0.1) is 5.92 Å². The van der Waals surface area contributed by atoms with Crippen molar-refractivity contribution in [3.63, 3.8) is 0 Å². The van der Waals surface area contributed by atoms with Crippen molar-refractivity contribution >= 4 is 15.7 Å². The number of hydrogen-bond donors (Lipinski definition) is 2. The molecular weight excluding hydrogens is 286 g/mol. The molecule has 1 aliphatic rings. The van der Waals surface area contributed by atoms with E-state index in [9.17, 15) is 8.42 Å². The van der Waals surface area contributed by atoms with Gasteiger partial charge < -0.3 is 10.2 Å². The average molecular weight is 311 g/mol.